The van der Waals surface area contributed by atoms with Crippen molar-refractivity contribution in [3.63, 3.8) is 0 Å². The van der Waals surface area contributed by atoms with Gasteiger partial charge < -0.3 is 0 Å². The fourth-order valence-electron chi connectivity index (χ4n) is 1.58. The number of rotatable bonds is 2. The Balaban J connectivity index is 2.50. The molecular weight excluding hydrogens is 243 g/mol. The second-order valence-electron chi connectivity index (χ2n) is 4.24. The maximum absolute atomic E-state index is 12.8. The minimum Gasteiger partial charge on any atom is -0.262 e. The van der Waals surface area contributed by atoms with Crippen LogP contribution in [0.4, 0.5) is 13.2 Å². The molecule has 0 spiro atoms. The number of benzene rings is 1. The van der Waals surface area contributed by atoms with E-state index in [0.29, 0.717) is 5.82 Å². The molecule has 0 saturated heterocycles. The minimum absolute atomic E-state index is 0.00634. The van der Waals surface area contributed by atoms with Crippen LogP contribution in [0.15, 0.2) is 24.3 Å². The van der Waals surface area contributed by atoms with Crippen molar-refractivity contribution in [3.05, 3.63) is 35.7 Å². The topological polar surface area (TPSA) is 41.6 Å². The van der Waals surface area contributed by atoms with E-state index < -0.39 is 11.7 Å². The zero-order valence-electron chi connectivity index (χ0n) is 9.92. The summed E-state index contributed by atoms with van der Waals surface area (Å²) < 4.78 is 38.5. The SMILES string of the molecule is CC(C)c1nc(-c2ccccc2C(F)(F)F)n[nH]1. The van der Waals surface area contributed by atoms with Crippen LogP contribution in [0, 0.1) is 0 Å². The van der Waals surface area contributed by atoms with Crippen LogP contribution in [0.3, 0.4) is 0 Å². The highest BCUT2D eigenvalue weighted by molar-refractivity contribution is 5.60. The Morgan fingerprint density at radius 3 is 2.39 bits per heavy atom. The quantitative estimate of drug-likeness (QED) is 0.890. The van der Waals surface area contributed by atoms with Crippen molar-refractivity contribution >= 4 is 0 Å². The molecule has 0 aliphatic heterocycles. The molecule has 18 heavy (non-hydrogen) atoms. The van der Waals surface area contributed by atoms with E-state index in [-0.39, 0.29) is 17.3 Å². The van der Waals surface area contributed by atoms with Gasteiger partial charge in [-0.3, -0.25) is 5.10 Å². The molecule has 0 atom stereocenters. The lowest BCUT2D eigenvalue weighted by Gasteiger charge is -2.09. The van der Waals surface area contributed by atoms with E-state index in [9.17, 15) is 13.2 Å². The van der Waals surface area contributed by atoms with Crippen molar-refractivity contribution in [2.45, 2.75) is 25.9 Å². The lowest BCUT2D eigenvalue weighted by atomic mass is 10.1. The first-order valence-corrected chi connectivity index (χ1v) is 5.48. The van der Waals surface area contributed by atoms with Crippen LogP contribution >= 0.6 is 0 Å². The molecule has 0 unspecified atom stereocenters. The second kappa shape index (κ2) is 4.44. The predicted molar refractivity (Wildman–Crippen MR) is 60.9 cm³/mol. The van der Waals surface area contributed by atoms with Gasteiger partial charge in [-0.2, -0.15) is 18.3 Å². The number of nitrogens with one attached hydrogen (secondary N) is 1. The van der Waals surface area contributed by atoms with Gasteiger partial charge in [0.15, 0.2) is 5.82 Å². The standard InChI is InChI=1S/C12H12F3N3/c1-7(2)10-16-11(18-17-10)8-5-3-4-6-9(8)12(13,14)15/h3-7H,1-2H3,(H,16,17,18). The summed E-state index contributed by atoms with van der Waals surface area (Å²) in [4.78, 5) is 4.09. The summed E-state index contributed by atoms with van der Waals surface area (Å²) in [5.41, 5.74) is -0.729. The third-order valence-corrected chi connectivity index (χ3v) is 2.52. The molecule has 0 bridgehead atoms. The average molecular weight is 255 g/mol. The number of hydrogen-bond donors (Lipinski definition) is 1. The predicted octanol–water partition coefficient (Wildman–Crippen LogP) is 3.61. The van der Waals surface area contributed by atoms with Gasteiger partial charge in [0.25, 0.3) is 0 Å². The molecule has 0 fully saturated rings. The Morgan fingerprint density at radius 2 is 1.83 bits per heavy atom. The molecule has 0 radical (unpaired) electrons. The van der Waals surface area contributed by atoms with Gasteiger partial charge in [0.1, 0.15) is 5.82 Å². The molecule has 3 nitrogen and oxygen atoms in total. The van der Waals surface area contributed by atoms with E-state index in [4.69, 9.17) is 0 Å². The van der Waals surface area contributed by atoms with Gasteiger partial charge in [0.05, 0.1) is 5.56 Å². The summed E-state index contributed by atoms with van der Waals surface area (Å²) >= 11 is 0. The van der Waals surface area contributed by atoms with Crippen LogP contribution in [0.1, 0.15) is 31.2 Å². The number of aromatic amines is 1. The van der Waals surface area contributed by atoms with Gasteiger partial charge in [0.2, 0.25) is 0 Å². The van der Waals surface area contributed by atoms with Crippen LogP contribution in [0.2, 0.25) is 0 Å². The third-order valence-electron chi connectivity index (χ3n) is 2.52. The molecule has 0 saturated carbocycles. The van der Waals surface area contributed by atoms with E-state index in [1.165, 1.54) is 18.2 Å². The first-order chi connectivity index (χ1) is 8.39. The van der Waals surface area contributed by atoms with Gasteiger partial charge in [-0.25, -0.2) is 4.98 Å². The van der Waals surface area contributed by atoms with Gasteiger partial charge in [-0.15, -0.1) is 0 Å². The average Bonchev–Trinajstić information content (AvgIpc) is 2.77. The highest BCUT2D eigenvalue weighted by atomic mass is 19.4. The number of alkyl halides is 3. The Kier molecular flexibility index (Phi) is 3.11. The Bertz CT molecular complexity index is 543. The summed E-state index contributed by atoms with van der Waals surface area (Å²) in [5.74, 6) is 0.734. The largest absolute Gasteiger partial charge is 0.417 e. The number of nitrogens with zero attached hydrogens (tertiary/aromatic N) is 2. The number of halogens is 3. The van der Waals surface area contributed by atoms with Crippen molar-refractivity contribution in [2.75, 3.05) is 0 Å². The van der Waals surface area contributed by atoms with E-state index >= 15 is 0 Å². The highest BCUT2D eigenvalue weighted by Gasteiger charge is 2.34. The van der Waals surface area contributed by atoms with E-state index in [1.54, 1.807) is 0 Å². The molecule has 0 aliphatic carbocycles. The zero-order chi connectivity index (χ0) is 13.3. The van der Waals surface area contributed by atoms with Crippen molar-refractivity contribution in [1.29, 1.82) is 0 Å². The summed E-state index contributed by atoms with van der Waals surface area (Å²) in [7, 11) is 0. The molecule has 0 amide bonds. The molecule has 96 valence electrons. The van der Waals surface area contributed by atoms with Gasteiger partial charge in [0, 0.05) is 11.5 Å². The fraction of sp³-hybridized carbons (Fsp3) is 0.333. The molecule has 1 heterocycles. The highest BCUT2D eigenvalue weighted by Crippen LogP contribution is 2.35. The maximum Gasteiger partial charge on any atom is 0.417 e. The first-order valence-electron chi connectivity index (χ1n) is 5.48. The summed E-state index contributed by atoms with van der Waals surface area (Å²) in [6, 6.07) is 5.29. The van der Waals surface area contributed by atoms with Crippen LogP contribution < -0.4 is 0 Å². The molecule has 2 rings (SSSR count). The Morgan fingerprint density at radius 1 is 1.17 bits per heavy atom. The van der Waals surface area contributed by atoms with Gasteiger partial charge in [-0.1, -0.05) is 32.0 Å². The smallest absolute Gasteiger partial charge is 0.262 e. The van der Waals surface area contributed by atoms with Crippen molar-refractivity contribution in [2.24, 2.45) is 0 Å². The zero-order valence-corrected chi connectivity index (χ0v) is 9.92. The third kappa shape index (κ3) is 2.37. The van der Waals surface area contributed by atoms with Crippen LogP contribution in [-0.2, 0) is 6.18 Å². The summed E-state index contributed by atoms with van der Waals surface area (Å²) in [6.07, 6.45) is -4.41. The molecule has 1 N–H and O–H groups in total. The van der Waals surface area contributed by atoms with E-state index in [1.807, 2.05) is 13.8 Å². The second-order valence-corrected chi connectivity index (χ2v) is 4.24. The Hall–Kier alpha value is -1.85. The van der Waals surface area contributed by atoms with Crippen molar-refractivity contribution in [1.82, 2.24) is 15.2 Å². The molecule has 6 heteroatoms. The maximum atomic E-state index is 12.8. The fourth-order valence-corrected chi connectivity index (χ4v) is 1.58. The summed E-state index contributed by atoms with van der Waals surface area (Å²) in [5, 5.41) is 6.50. The van der Waals surface area contributed by atoms with Crippen LogP contribution in [0.25, 0.3) is 11.4 Å². The molecule has 2 aromatic rings. The lowest BCUT2D eigenvalue weighted by Crippen LogP contribution is -2.07. The van der Waals surface area contributed by atoms with Crippen LogP contribution in [0.5, 0.6) is 0 Å². The summed E-state index contributed by atoms with van der Waals surface area (Å²) in [6.45, 7) is 3.78. The number of H-pyrrole nitrogens is 1. The first kappa shape index (κ1) is 12.6. The van der Waals surface area contributed by atoms with E-state index in [2.05, 4.69) is 15.2 Å². The lowest BCUT2D eigenvalue weighted by molar-refractivity contribution is -0.137. The van der Waals surface area contributed by atoms with Crippen molar-refractivity contribution < 1.29 is 13.2 Å². The molecule has 1 aromatic heterocycles. The number of aromatic nitrogens is 3. The van der Waals surface area contributed by atoms with Crippen molar-refractivity contribution in [3.8, 4) is 11.4 Å². The van der Waals surface area contributed by atoms with Gasteiger partial charge in [-0.05, 0) is 6.07 Å². The molecular formula is C12H12F3N3. The number of hydrogen-bond acceptors (Lipinski definition) is 2. The minimum atomic E-state index is -4.41. The molecule has 1 aromatic carbocycles. The van der Waals surface area contributed by atoms with E-state index in [0.717, 1.165) is 6.07 Å². The van der Waals surface area contributed by atoms with Crippen LogP contribution in [-0.4, -0.2) is 15.2 Å². The normalized spacial score (nSPS) is 12.1. The Labute approximate surface area is 102 Å². The molecule has 0 aliphatic rings. The monoisotopic (exact) mass is 255 g/mol. The van der Waals surface area contributed by atoms with Gasteiger partial charge >= 0.3 is 6.18 Å².